The second-order valence-corrected chi connectivity index (χ2v) is 7.95. The Bertz CT molecular complexity index is 658. The van der Waals surface area contributed by atoms with Gasteiger partial charge in [-0.15, -0.1) is 0 Å². The van der Waals surface area contributed by atoms with Crippen LogP contribution in [0.25, 0.3) is 0 Å². The highest BCUT2D eigenvalue weighted by molar-refractivity contribution is 5.96. The average Bonchev–Trinajstić information content (AvgIpc) is 2.64. The minimum absolute atomic E-state index is 0.0285. The summed E-state index contributed by atoms with van der Waals surface area (Å²) < 4.78 is 0. The molecule has 1 aromatic rings. The maximum Gasteiger partial charge on any atom is 0.241 e. The normalized spacial score (nSPS) is 16.6. The minimum Gasteiger partial charge on any atom is -0.355 e. The van der Waals surface area contributed by atoms with Gasteiger partial charge >= 0.3 is 0 Å². The average molecular weight is 389 g/mol. The van der Waals surface area contributed by atoms with Gasteiger partial charge in [0.2, 0.25) is 11.8 Å². The van der Waals surface area contributed by atoms with E-state index in [1.54, 1.807) is 0 Å². The quantitative estimate of drug-likeness (QED) is 0.672. The molecule has 28 heavy (non-hydrogen) atoms. The van der Waals surface area contributed by atoms with Crippen LogP contribution in [0.3, 0.4) is 0 Å². The maximum atomic E-state index is 12.8. The lowest BCUT2D eigenvalue weighted by Crippen LogP contribution is -2.54. The van der Waals surface area contributed by atoms with Crippen LogP contribution < -0.4 is 10.6 Å². The summed E-state index contributed by atoms with van der Waals surface area (Å²) in [6, 6.07) is 4.00. The van der Waals surface area contributed by atoms with Crippen molar-refractivity contribution in [2.75, 3.05) is 44.6 Å². The highest BCUT2D eigenvalue weighted by Gasteiger charge is 2.26. The Balaban J connectivity index is 1.82. The van der Waals surface area contributed by atoms with E-state index in [-0.39, 0.29) is 17.9 Å². The zero-order chi connectivity index (χ0) is 20.7. The van der Waals surface area contributed by atoms with Gasteiger partial charge in [-0.25, -0.2) is 0 Å². The van der Waals surface area contributed by atoms with Crippen molar-refractivity contribution in [1.82, 2.24) is 15.1 Å². The van der Waals surface area contributed by atoms with Gasteiger partial charge in [0.1, 0.15) is 0 Å². The van der Waals surface area contributed by atoms with Crippen LogP contribution >= 0.6 is 0 Å². The zero-order valence-electron chi connectivity index (χ0n) is 18.1. The molecule has 6 heteroatoms. The van der Waals surface area contributed by atoms with Crippen LogP contribution in [0, 0.1) is 20.8 Å². The van der Waals surface area contributed by atoms with E-state index in [9.17, 15) is 9.59 Å². The molecular weight excluding hydrogens is 352 g/mol. The summed E-state index contributed by atoms with van der Waals surface area (Å²) in [5.41, 5.74) is 4.31. The molecule has 2 N–H and O–H groups in total. The van der Waals surface area contributed by atoms with Crippen molar-refractivity contribution in [3.05, 3.63) is 28.8 Å². The number of rotatable bonds is 8. The van der Waals surface area contributed by atoms with E-state index in [0.717, 1.165) is 62.4 Å². The first-order valence-corrected chi connectivity index (χ1v) is 10.4. The van der Waals surface area contributed by atoms with E-state index < -0.39 is 0 Å². The number of hydrogen-bond donors (Lipinski definition) is 2. The summed E-state index contributed by atoms with van der Waals surface area (Å²) in [7, 11) is 0. The number of benzene rings is 1. The van der Waals surface area contributed by atoms with E-state index in [0.29, 0.717) is 6.54 Å². The van der Waals surface area contributed by atoms with Gasteiger partial charge < -0.3 is 10.6 Å². The molecule has 0 saturated carbocycles. The summed E-state index contributed by atoms with van der Waals surface area (Å²) in [5.74, 6) is 0.124. The number of carbonyl (C=O) groups excluding carboxylic acids is 2. The van der Waals surface area contributed by atoms with Crippen molar-refractivity contribution in [2.45, 2.75) is 53.5 Å². The van der Waals surface area contributed by atoms with Crippen LogP contribution in [0.2, 0.25) is 0 Å². The van der Waals surface area contributed by atoms with E-state index in [1.807, 2.05) is 20.8 Å². The number of amides is 2. The lowest BCUT2D eigenvalue weighted by molar-refractivity contribution is -0.124. The Labute approximate surface area is 169 Å². The molecule has 0 radical (unpaired) electrons. The molecule has 6 nitrogen and oxygen atoms in total. The van der Waals surface area contributed by atoms with Crippen LogP contribution in [0.1, 0.15) is 43.4 Å². The van der Waals surface area contributed by atoms with E-state index in [1.165, 1.54) is 5.56 Å². The number of piperazine rings is 1. The molecule has 1 aliphatic rings. The maximum absolute atomic E-state index is 12.8. The van der Waals surface area contributed by atoms with Gasteiger partial charge in [-0.05, 0) is 45.2 Å². The van der Waals surface area contributed by atoms with Crippen LogP contribution in [-0.2, 0) is 9.59 Å². The van der Waals surface area contributed by atoms with Crippen LogP contribution in [0.4, 0.5) is 5.69 Å². The van der Waals surface area contributed by atoms with Crippen molar-refractivity contribution < 1.29 is 9.59 Å². The Kier molecular flexibility index (Phi) is 8.45. The van der Waals surface area contributed by atoms with E-state index in [4.69, 9.17) is 0 Å². The van der Waals surface area contributed by atoms with Gasteiger partial charge in [0.15, 0.2) is 0 Å². The highest BCUT2D eigenvalue weighted by atomic mass is 16.2. The first-order valence-electron chi connectivity index (χ1n) is 10.4. The van der Waals surface area contributed by atoms with Crippen molar-refractivity contribution in [3.63, 3.8) is 0 Å². The lowest BCUT2D eigenvalue weighted by Gasteiger charge is -2.37. The molecule has 0 unspecified atom stereocenters. The van der Waals surface area contributed by atoms with Gasteiger partial charge in [0, 0.05) is 38.4 Å². The summed E-state index contributed by atoms with van der Waals surface area (Å²) in [4.78, 5) is 29.1. The Hall–Kier alpha value is -1.92. The van der Waals surface area contributed by atoms with Gasteiger partial charge in [-0.1, -0.05) is 31.0 Å². The standard InChI is InChI=1S/C22H36N4O2/c1-6-7-8-23-20(27)15-25-9-11-26(12-10-25)19(5)22(28)24-21-17(3)13-16(2)14-18(21)4/h13-14,19H,6-12,15H2,1-5H3,(H,23,27)(H,24,28)/t19-/m0/s1. The Morgan fingerprint density at radius 3 is 2.25 bits per heavy atom. The number of unbranched alkanes of at least 4 members (excludes halogenated alkanes) is 1. The smallest absolute Gasteiger partial charge is 0.241 e. The van der Waals surface area contributed by atoms with Gasteiger partial charge in [-0.3, -0.25) is 19.4 Å². The molecule has 2 amide bonds. The molecule has 1 heterocycles. The summed E-state index contributed by atoms with van der Waals surface area (Å²) >= 11 is 0. The second-order valence-electron chi connectivity index (χ2n) is 7.95. The first kappa shape index (κ1) is 22.4. The van der Waals surface area contributed by atoms with Crippen molar-refractivity contribution in [2.24, 2.45) is 0 Å². The Morgan fingerprint density at radius 2 is 1.68 bits per heavy atom. The van der Waals surface area contributed by atoms with Crippen LogP contribution in [0.15, 0.2) is 12.1 Å². The zero-order valence-corrected chi connectivity index (χ0v) is 18.1. The lowest BCUT2D eigenvalue weighted by atomic mass is 10.0. The fourth-order valence-corrected chi connectivity index (χ4v) is 3.74. The molecule has 1 saturated heterocycles. The highest BCUT2D eigenvalue weighted by Crippen LogP contribution is 2.22. The molecule has 1 atom stereocenters. The fraction of sp³-hybridized carbons (Fsp3) is 0.636. The Morgan fingerprint density at radius 1 is 1.07 bits per heavy atom. The monoisotopic (exact) mass is 388 g/mol. The number of nitrogens with one attached hydrogen (secondary N) is 2. The third-order valence-electron chi connectivity index (χ3n) is 5.48. The van der Waals surface area contributed by atoms with E-state index >= 15 is 0 Å². The first-order chi connectivity index (χ1) is 13.3. The van der Waals surface area contributed by atoms with Crippen molar-refractivity contribution >= 4 is 17.5 Å². The molecule has 1 aliphatic heterocycles. The van der Waals surface area contributed by atoms with Gasteiger partial charge in [0.25, 0.3) is 0 Å². The predicted molar refractivity (Wildman–Crippen MR) is 115 cm³/mol. The summed E-state index contributed by atoms with van der Waals surface area (Å²) in [5, 5.41) is 6.08. The van der Waals surface area contributed by atoms with Crippen LogP contribution in [0.5, 0.6) is 0 Å². The number of nitrogens with zero attached hydrogens (tertiary/aromatic N) is 2. The summed E-state index contributed by atoms with van der Waals surface area (Å²) in [6.07, 6.45) is 2.10. The second kappa shape index (κ2) is 10.6. The van der Waals surface area contributed by atoms with Crippen LogP contribution in [-0.4, -0.2) is 66.9 Å². The molecule has 2 rings (SSSR count). The predicted octanol–water partition coefficient (Wildman–Crippen LogP) is 2.47. The molecule has 0 aromatic heterocycles. The molecule has 0 aliphatic carbocycles. The van der Waals surface area contributed by atoms with Crippen molar-refractivity contribution in [1.29, 1.82) is 0 Å². The fourth-order valence-electron chi connectivity index (χ4n) is 3.74. The SMILES string of the molecule is CCCCNC(=O)CN1CCN([C@@H](C)C(=O)Nc2c(C)cc(C)cc2C)CC1. The van der Waals surface area contributed by atoms with Gasteiger partial charge in [0.05, 0.1) is 12.6 Å². The van der Waals surface area contributed by atoms with Crippen molar-refractivity contribution in [3.8, 4) is 0 Å². The molecule has 0 spiro atoms. The molecule has 0 bridgehead atoms. The largest absolute Gasteiger partial charge is 0.355 e. The third-order valence-corrected chi connectivity index (χ3v) is 5.48. The molecule has 1 aromatic carbocycles. The number of aryl methyl sites for hydroxylation is 3. The molecular formula is C22H36N4O2. The third kappa shape index (κ3) is 6.31. The topological polar surface area (TPSA) is 64.7 Å². The number of anilines is 1. The minimum atomic E-state index is -0.194. The number of carbonyl (C=O) groups is 2. The molecule has 1 fully saturated rings. The summed E-state index contributed by atoms with van der Waals surface area (Å²) in [6.45, 7) is 14.6. The van der Waals surface area contributed by atoms with E-state index in [2.05, 4.69) is 46.4 Å². The van der Waals surface area contributed by atoms with Gasteiger partial charge in [-0.2, -0.15) is 0 Å². The number of hydrogen-bond acceptors (Lipinski definition) is 4. The molecule has 156 valence electrons.